The summed E-state index contributed by atoms with van der Waals surface area (Å²) in [4.78, 5) is 17.6. The van der Waals surface area contributed by atoms with E-state index in [0.717, 1.165) is 5.56 Å². The lowest BCUT2D eigenvalue weighted by molar-refractivity contribution is 0.0268. The third-order valence-electron chi connectivity index (χ3n) is 3.18. The van der Waals surface area contributed by atoms with E-state index >= 15 is 0 Å². The molecule has 0 saturated carbocycles. The number of carbonyl (C=O) groups excluding carboxylic acids is 1. The highest BCUT2D eigenvalue weighted by Gasteiger charge is 2.22. The average molecular weight is 333 g/mol. The molecule has 8 nitrogen and oxygen atoms in total. The molecule has 0 atom stereocenters. The van der Waals surface area contributed by atoms with Crippen molar-refractivity contribution in [3.63, 3.8) is 0 Å². The maximum absolute atomic E-state index is 12.0. The highest BCUT2D eigenvalue weighted by Crippen LogP contribution is 2.35. The molecule has 8 heteroatoms. The van der Waals surface area contributed by atoms with Crippen LogP contribution in [0, 0.1) is 0 Å². The quantitative estimate of drug-likeness (QED) is 0.853. The number of nitrogens with zero attached hydrogens (tertiary/aromatic N) is 3. The van der Waals surface area contributed by atoms with Gasteiger partial charge in [0.2, 0.25) is 18.5 Å². The van der Waals surface area contributed by atoms with Gasteiger partial charge in [0, 0.05) is 12.6 Å². The van der Waals surface area contributed by atoms with Gasteiger partial charge in [0.05, 0.1) is 0 Å². The molecule has 0 spiro atoms. The van der Waals surface area contributed by atoms with Crippen molar-refractivity contribution in [3.8, 4) is 22.9 Å². The zero-order valence-electron chi connectivity index (χ0n) is 14.0. The Morgan fingerprint density at radius 2 is 2.04 bits per heavy atom. The van der Waals surface area contributed by atoms with Crippen molar-refractivity contribution in [2.45, 2.75) is 32.9 Å². The van der Waals surface area contributed by atoms with Crippen LogP contribution in [0.2, 0.25) is 0 Å². The van der Waals surface area contributed by atoms with Gasteiger partial charge in [-0.25, -0.2) is 4.79 Å². The van der Waals surface area contributed by atoms with Crippen molar-refractivity contribution in [3.05, 3.63) is 24.1 Å². The molecule has 2 aromatic rings. The Bertz CT molecular complexity index is 750. The molecule has 1 aliphatic rings. The molecule has 3 rings (SSSR count). The number of benzene rings is 1. The summed E-state index contributed by atoms with van der Waals surface area (Å²) in [6.07, 6.45) is -0.453. The second kappa shape index (κ2) is 6.03. The van der Waals surface area contributed by atoms with E-state index in [1.807, 2.05) is 26.8 Å². The number of ether oxygens (including phenoxy) is 3. The third-order valence-corrected chi connectivity index (χ3v) is 3.18. The number of amides is 1. The summed E-state index contributed by atoms with van der Waals surface area (Å²) in [6, 6.07) is 5.40. The molecule has 2 heterocycles. The molecule has 0 radical (unpaired) electrons. The molecule has 1 aromatic carbocycles. The Balaban J connectivity index is 1.68. The van der Waals surface area contributed by atoms with Crippen molar-refractivity contribution >= 4 is 6.09 Å². The molecular weight excluding hydrogens is 314 g/mol. The molecule has 0 N–H and O–H groups in total. The Kier molecular flexibility index (Phi) is 4.04. The van der Waals surface area contributed by atoms with E-state index in [2.05, 4.69) is 10.1 Å². The first kappa shape index (κ1) is 16.1. The Morgan fingerprint density at radius 1 is 1.29 bits per heavy atom. The average Bonchev–Trinajstić information content (AvgIpc) is 3.13. The van der Waals surface area contributed by atoms with Crippen LogP contribution in [0.3, 0.4) is 0 Å². The maximum atomic E-state index is 12.0. The largest absolute Gasteiger partial charge is 0.454 e. The third kappa shape index (κ3) is 3.58. The van der Waals surface area contributed by atoms with Gasteiger partial charge in [-0.1, -0.05) is 5.16 Å². The SMILES string of the molecule is CN(Cc1nc(-c2ccc3c(c2)OCO3)no1)C(=O)OC(C)(C)C. The minimum Gasteiger partial charge on any atom is -0.454 e. The first-order chi connectivity index (χ1) is 11.3. The van der Waals surface area contributed by atoms with Crippen LogP contribution in [0.4, 0.5) is 4.79 Å². The highest BCUT2D eigenvalue weighted by atomic mass is 16.7. The van der Waals surface area contributed by atoms with Gasteiger partial charge in [-0.2, -0.15) is 4.98 Å². The molecule has 0 fully saturated rings. The van der Waals surface area contributed by atoms with E-state index in [1.54, 1.807) is 19.2 Å². The van der Waals surface area contributed by atoms with Crippen LogP contribution >= 0.6 is 0 Å². The van der Waals surface area contributed by atoms with Gasteiger partial charge in [0.15, 0.2) is 11.5 Å². The lowest BCUT2D eigenvalue weighted by Gasteiger charge is -2.23. The standard InChI is InChI=1S/C16H19N3O5/c1-16(2,3)23-15(20)19(4)8-13-17-14(18-24-13)10-5-6-11-12(7-10)22-9-21-11/h5-7H,8-9H2,1-4H3. The van der Waals surface area contributed by atoms with Crippen molar-refractivity contribution in [2.24, 2.45) is 0 Å². The van der Waals surface area contributed by atoms with Gasteiger partial charge in [-0.05, 0) is 39.0 Å². The first-order valence-electron chi connectivity index (χ1n) is 7.48. The van der Waals surface area contributed by atoms with Crippen molar-refractivity contribution in [1.82, 2.24) is 15.0 Å². The first-order valence-corrected chi connectivity index (χ1v) is 7.48. The summed E-state index contributed by atoms with van der Waals surface area (Å²) in [5.41, 5.74) is 0.187. The smallest absolute Gasteiger partial charge is 0.410 e. The number of carbonyl (C=O) groups is 1. The fourth-order valence-electron chi connectivity index (χ4n) is 2.08. The minimum atomic E-state index is -0.558. The fraction of sp³-hybridized carbons (Fsp3) is 0.438. The molecule has 0 aliphatic carbocycles. The summed E-state index contributed by atoms with van der Waals surface area (Å²) in [6.45, 7) is 5.79. The monoisotopic (exact) mass is 333 g/mol. The normalized spacial score (nSPS) is 13.0. The van der Waals surface area contributed by atoms with E-state index in [9.17, 15) is 4.79 Å². The molecule has 128 valence electrons. The number of hydrogen-bond donors (Lipinski definition) is 0. The van der Waals surface area contributed by atoms with Gasteiger partial charge in [-0.3, -0.25) is 0 Å². The van der Waals surface area contributed by atoms with Crippen LogP contribution in [0.15, 0.2) is 22.7 Å². The van der Waals surface area contributed by atoms with Crippen molar-refractivity contribution in [2.75, 3.05) is 13.8 Å². The number of aromatic nitrogens is 2. The topological polar surface area (TPSA) is 86.9 Å². The molecule has 1 aliphatic heterocycles. The molecule has 24 heavy (non-hydrogen) atoms. The predicted octanol–water partition coefficient (Wildman–Crippen LogP) is 2.83. The Hall–Kier alpha value is -2.77. The van der Waals surface area contributed by atoms with Crippen LogP contribution in [-0.4, -0.2) is 40.6 Å². The van der Waals surface area contributed by atoms with Crippen LogP contribution in [0.5, 0.6) is 11.5 Å². The lowest BCUT2D eigenvalue weighted by atomic mass is 10.2. The van der Waals surface area contributed by atoms with Gasteiger partial charge >= 0.3 is 6.09 Å². The Morgan fingerprint density at radius 3 is 2.79 bits per heavy atom. The van der Waals surface area contributed by atoms with E-state index in [0.29, 0.717) is 23.2 Å². The molecule has 1 aromatic heterocycles. The van der Waals surface area contributed by atoms with Crippen LogP contribution in [-0.2, 0) is 11.3 Å². The zero-order valence-corrected chi connectivity index (χ0v) is 14.0. The molecule has 0 bridgehead atoms. The van der Waals surface area contributed by atoms with Crippen molar-refractivity contribution in [1.29, 1.82) is 0 Å². The van der Waals surface area contributed by atoms with Gasteiger partial charge in [0.25, 0.3) is 0 Å². The fourth-order valence-corrected chi connectivity index (χ4v) is 2.08. The lowest BCUT2D eigenvalue weighted by Crippen LogP contribution is -2.33. The summed E-state index contributed by atoms with van der Waals surface area (Å²) >= 11 is 0. The number of fused-ring (bicyclic) bond motifs is 1. The summed E-state index contributed by atoms with van der Waals surface area (Å²) in [7, 11) is 1.61. The molecule has 0 saturated heterocycles. The van der Waals surface area contributed by atoms with E-state index in [-0.39, 0.29) is 13.3 Å². The van der Waals surface area contributed by atoms with Gasteiger partial charge in [-0.15, -0.1) is 0 Å². The minimum absolute atomic E-state index is 0.159. The zero-order chi connectivity index (χ0) is 17.3. The second-order valence-corrected chi connectivity index (χ2v) is 6.42. The predicted molar refractivity (Wildman–Crippen MR) is 83.6 cm³/mol. The Labute approximate surface area is 139 Å². The highest BCUT2D eigenvalue weighted by molar-refractivity contribution is 5.67. The van der Waals surface area contributed by atoms with E-state index < -0.39 is 11.7 Å². The van der Waals surface area contributed by atoms with Crippen LogP contribution in [0.25, 0.3) is 11.4 Å². The van der Waals surface area contributed by atoms with Gasteiger partial charge < -0.3 is 23.6 Å². The number of rotatable bonds is 3. The van der Waals surface area contributed by atoms with Crippen LogP contribution in [0.1, 0.15) is 26.7 Å². The summed E-state index contributed by atoms with van der Waals surface area (Å²) in [5, 5.41) is 3.94. The maximum Gasteiger partial charge on any atom is 0.410 e. The molecule has 0 unspecified atom stereocenters. The summed E-state index contributed by atoms with van der Waals surface area (Å²) in [5.74, 6) is 2.06. The van der Waals surface area contributed by atoms with Gasteiger partial charge in [0.1, 0.15) is 12.1 Å². The van der Waals surface area contributed by atoms with E-state index in [4.69, 9.17) is 18.7 Å². The molecule has 1 amide bonds. The van der Waals surface area contributed by atoms with Crippen molar-refractivity contribution < 1.29 is 23.5 Å². The summed E-state index contributed by atoms with van der Waals surface area (Å²) < 4.78 is 21.1. The van der Waals surface area contributed by atoms with E-state index in [1.165, 1.54) is 4.90 Å². The number of hydrogen-bond acceptors (Lipinski definition) is 7. The van der Waals surface area contributed by atoms with Crippen LogP contribution < -0.4 is 9.47 Å². The second-order valence-electron chi connectivity index (χ2n) is 6.42. The molecular formula is C16H19N3O5.